The molecule has 2 aliphatic heterocycles. The highest BCUT2D eigenvalue weighted by molar-refractivity contribution is 6.29. The normalized spacial score (nSPS) is 18.4. The smallest absolute Gasteiger partial charge is 0.366 e. The third-order valence-electron chi connectivity index (χ3n) is 5.11. The number of alkyl halides is 3. The Morgan fingerprint density at radius 2 is 2.06 bits per heavy atom. The van der Waals surface area contributed by atoms with Crippen LogP contribution in [-0.4, -0.2) is 58.2 Å². The zero-order chi connectivity index (χ0) is 22.3. The molecule has 2 N–H and O–H groups in total. The van der Waals surface area contributed by atoms with Gasteiger partial charge in [0.25, 0.3) is 5.91 Å². The number of halogens is 4. The van der Waals surface area contributed by atoms with Crippen LogP contribution in [0.1, 0.15) is 23.8 Å². The lowest BCUT2D eigenvalue weighted by Crippen LogP contribution is -2.49. The Labute approximate surface area is 179 Å². The molecule has 4 rings (SSSR count). The highest BCUT2D eigenvalue weighted by Crippen LogP contribution is 2.39. The fourth-order valence-corrected chi connectivity index (χ4v) is 3.67. The minimum absolute atomic E-state index is 0.146. The van der Waals surface area contributed by atoms with E-state index < -0.39 is 24.2 Å². The van der Waals surface area contributed by atoms with Crippen molar-refractivity contribution in [2.45, 2.75) is 31.6 Å². The number of hydrogen-bond acceptors (Lipinski definition) is 6. The third kappa shape index (κ3) is 4.20. The van der Waals surface area contributed by atoms with Crippen molar-refractivity contribution in [3.63, 3.8) is 0 Å². The Morgan fingerprint density at radius 3 is 2.77 bits per heavy atom. The summed E-state index contributed by atoms with van der Waals surface area (Å²) in [6, 6.07) is 1.50. The minimum atomic E-state index is -4.58. The first-order valence-electron chi connectivity index (χ1n) is 9.35. The van der Waals surface area contributed by atoms with E-state index in [0.29, 0.717) is 25.2 Å². The second-order valence-corrected chi connectivity index (χ2v) is 7.58. The van der Waals surface area contributed by atoms with Crippen molar-refractivity contribution < 1.29 is 22.8 Å². The van der Waals surface area contributed by atoms with Gasteiger partial charge >= 0.3 is 12.2 Å². The lowest BCUT2D eigenvalue weighted by molar-refractivity contribution is -0.149. The molecule has 2 aromatic rings. The number of carbonyl (C=O) groups excluding carboxylic acids is 2. The zero-order valence-corrected chi connectivity index (χ0v) is 16.9. The summed E-state index contributed by atoms with van der Waals surface area (Å²) < 4.78 is 38.4. The maximum atomic E-state index is 13.0. The molecule has 0 spiro atoms. The van der Waals surface area contributed by atoms with Crippen LogP contribution in [0.3, 0.4) is 0 Å². The van der Waals surface area contributed by atoms with Crippen LogP contribution in [0.2, 0.25) is 5.15 Å². The molecule has 2 atom stereocenters. The average Bonchev–Trinajstić information content (AvgIpc) is 3.11. The summed E-state index contributed by atoms with van der Waals surface area (Å²) in [5, 5.41) is 4.65. The molecule has 2 bridgehead atoms. The molecule has 0 aliphatic carbocycles. The molecule has 31 heavy (non-hydrogen) atoms. The molecule has 4 heterocycles. The number of hydrogen-bond donors (Lipinski definition) is 2. The van der Waals surface area contributed by atoms with Crippen molar-refractivity contribution in [2.24, 2.45) is 0 Å². The van der Waals surface area contributed by atoms with Crippen LogP contribution in [-0.2, 0) is 0 Å². The van der Waals surface area contributed by atoms with Gasteiger partial charge in [0.2, 0.25) is 0 Å². The predicted molar refractivity (Wildman–Crippen MR) is 106 cm³/mol. The van der Waals surface area contributed by atoms with E-state index in [1.165, 1.54) is 23.4 Å². The van der Waals surface area contributed by atoms with Gasteiger partial charge in [-0.15, -0.1) is 0 Å². The van der Waals surface area contributed by atoms with Gasteiger partial charge in [0.1, 0.15) is 29.0 Å². The number of carbonyl (C=O) groups is 2. The van der Waals surface area contributed by atoms with E-state index >= 15 is 0 Å². The first kappa shape index (κ1) is 21.1. The number of rotatable bonds is 3. The number of nitrogens with zero attached hydrogens (tertiary/aromatic N) is 5. The first-order chi connectivity index (χ1) is 14.6. The summed E-state index contributed by atoms with van der Waals surface area (Å²) in [5.41, 5.74) is 0.394. The molecule has 1 unspecified atom stereocenters. The summed E-state index contributed by atoms with van der Waals surface area (Å²) in [4.78, 5) is 40.7. The van der Waals surface area contributed by atoms with Crippen LogP contribution in [0.15, 0.2) is 24.5 Å². The largest absolute Gasteiger partial charge is 0.408 e. The van der Waals surface area contributed by atoms with Crippen molar-refractivity contribution in [1.29, 1.82) is 0 Å². The van der Waals surface area contributed by atoms with Crippen molar-refractivity contribution >= 4 is 40.9 Å². The minimum Gasteiger partial charge on any atom is -0.366 e. The fourth-order valence-electron chi connectivity index (χ4n) is 3.52. The van der Waals surface area contributed by atoms with Crippen LogP contribution in [0.4, 0.5) is 35.3 Å². The Balaban J connectivity index is 1.63. The van der Waals surface area contributed by atoms with E-state index in [2.05, 4.69) is 20.3 Å². The van der Waals surface area contributed by atoms with Crippen molar-refractivity contribution in [2.75, 3.05) is 28.2 Å². The van der Waals surface area contributed by atoms with Crippen LogP contribution >= 0.6 is 11.6 Å². The van der Waals surface area contributed by atoms with Crippen LogP contribution in [0.5, 0.6) is 0 Å². The second kappa shape index (κ2) is 7.84. The lowest BCUT2D eigenvalue weighted by Gasteiger charge is -2.35. The van der Waals surface area contributed by atoms with Gasteiger partial charge in [-0.1, -0.05) is 11.6 Å². The van der Waals surface area contributed by atoms with E-state index in [0.717, 1.165) is 6.92 Å². The van der Waals surface area contributed by atoms with Crippen molar-refractivity contribution in [3.8, 4) is 0 Å². The summed E-state index contributed by atoms with van der Waals surface area (Å²) in [7, 11) is 0. The van der Waals surface area contributed by atoms with Gasteiger partial charge in [-0.05, 0) is 25.5 Å². The number of urea groups is 1. The van der Waals surface area contributed by atoms with Crippen LogP contribution in [0, 0.1) is 0 Å². The molecule has 13 heteroatoms. The van der Waals surface area contributed by atoms with Crippen molar-refractivity contribution in [1.82, 2.24) is 20.3 Å². The van der Waals surface area contributed by atoms with Gasteiger partial charge in [-0.3, -0.25) is 15.0 Å². The van der Waals surface area contributed by atoms with E-state index in [9.17, 15) is 22.8 Å². The Hall–Kier alpha value is -3.15. The van der Waals surface area contributed by atoms with Gasteiger partial charge in [0, 0.05) is 19.2 Å². The molecule has 2 aromatic heterocycles. The van der Waals surface area contributed by atoms with Crippen LogP contribution < -0.4 is 20.4 Å². The second-order valence-electron chi connectivity index (χ2n) is 7.19. The summed E-state index contributed by atoms with van der Waals surface area (Å²) in [6.07, 6.45) is -2.72. The summed E-state index contributed by atoms with van der Waals surface area (Å²) in [6.45, 7) is 2.09. The van der Waals surface area contributed by atoms with Crippen LogP contribution in [0.25, 0.3) is 0 Å². The third-order valence-corrected chi connectivity index (χ3v) is 5.32. The molecular formula is C18H17ClF3N7O2. The van der Waals surface area contributed by atoms with E-state index in [1.807, 2.05) is 10.2 Å². The predicted octanol–water partition coefficient (Wildman–Crippen LogP) is 2.84. The number of pyridine rings is 1. The molecule has 3 amide bonds. The maximum absolute atomic E-state index is 13.0. The number of amides is 3. The monoisotopic (exact) mass is 455 g/mol. The number of fused-ring (bicyclic) bond motifs is 4. The Kier molecular flexibility index (Phi) is 5.33. The first-order valence-corrected chi connectivity index (χ1v) is 9.72. The summed E-state index contributed by atoms with van der Waals surface area (Å²) in [5.74, 6) is -0.609. The Morgan fingerprint density at radius 1 is 1.29 bits per heavy atom. The molecule has 0 radical (unpaired) electrons. The number of nitrogens with one attached hydrogen (secondary N) is 2. The molecule has 164 valence electrons. The quantitative estimate of drug-likeness (QED) is 0.690. The SMILES string of the molecule is CC(NC(=O)c1ccc2c(n1)N(C(=O)Nc1cc(Cl)ncn1)[C@H]1CCN2C1)C(F)(F)F. The number of anilines is 3. The van der Waals surface area contributed by atoms with E-state index in [-0.39, 0.29) is 28.5 Å². The van der Waals surface area contributed by atoms with E-state index in [1.54, 1.807) is 6.07 Å². The zero-order valence-electron chi connectivity index (χ0n) is 16.1. The lowest BCUT2D eigenvalue weighted by atomic mass is 10.1. The molecule has 0 saturated carbocycles. The standard InChI is InChI=1S/C18H17ClF3N7O2/c1-9(18(20,21)22)25-16(30)11-2-3-12-15(26-11)29(10-4-5-28(12)7-10)17(31)27-14-6-13(19)23-8-24-14/h2-3,6,8-10H,4-5,7H2,1H3,(H,25,30)(H,23,24,27,31)/t9?,10-/m0/s1. The van der Waals surface area contributed by atoms with Gasteiger partial charge < -0.3 is 10.2 Å². The molecule has 1 saturated heterocycles. The molecule has 2 aliphatic rings. The van der Waals surface area contributed by atoms with E-state index in [4.69, 9.17) is 11.6 Å². The van der Waals surface area contributed by atoms with Gasteiger partial charge in [0.05, 0.1) is 11.7 Å². The summed E-state index contributed by atoms with van der Waals surface area (Å²) >= 11 is 5.83. The highest BCUT2D eigenvalue weighted by Gasteiger charge is 2.41. The Bertz CT molecular complexity index is 1040. The van der Waals surface area contributed by atoms with Gasteiger partial charge in [-0.2, -0.15) is 13.2 Å². The maximum Gasteiger partial charge on any atom is 0.408 e. The van der Waals surface area contributed by atoms with Gasteiger partial charge in [0.15, 0.2) is 5.82 Å². The van der Waals surface area contributed by atoms with Gasteiger partial charge in [-0.25, -0.2) is 19.7 Å². The molecule has 9 nitrogen and oxygen atoms in total. The number of aromatic nitrogens is 3. The average molecular weight is 456 g/mol. The highest BCUT2D eigenvalue weighted by atomic mass is 35.5. The molecule has 0 aromatic carbocycles. The topological polar surface area (TPSA) is 103 Å². The van der Waals surface area contributed by atoms with Crippen molar-refractivity contribution in [3.05, 3.63) is 35.4 Å². The molecule has 1 fully saturated rings. The fraction of sp³-hybridized carbons (Fsp3) is 0.389. The molecular weight excluding hydrogens is 439 g/mol.